The van der Waals surface area contributed by atoms with Crippen molar-refractivity contribution < 1.29 is 18.3 Å². The van der Waals surface area contributed by atoms with E-state index in [0.29, 0.717) is 23.4 Å². The number of sulfonamides is 1. The fraction of sp³-hybridized carbons (Fsp3) is 0.500. The Kier molecular flexibility index (Phi) is 4.60. The van der Waals surface area contributed by atoms with Crippen molar-refractivity contribution in [2.45, 2.75) is 37.6 Å². The molecule has 7 heteroatoms. The van der Waals surface area contributed by atoms with Crippen molar-refractivity contribution in [1.82, 2.24) is 4.31 Å². The molecule has 0 amide bonds. The first-order chi connectivity index (χ1) is 9.73. The summed E-state index contributed by atoms with van der Waals surface area (Å²) in [5.74, 6) is -1.60. The highest BCUT2D eigenvalue weighted by atomic mass is 35.5. The zero-order valence-electron chi connectivity index (χ0n) is 11.9. The molecule has 1 fully saturated rings. The summed E-state index contributed by atoms with van der Waals surface area (Å²) in [4.78, 5) is 11.3. The predicted molar refractivity (Wildman–Crippen MR) is 79.9 cm³/mol. The second kappa shape index (κ2) is 5.94. The summed E-state index contributed by atoms with van der Waals surface area (Å²) in [7, 11) is -3.71. The van der Waals surface area contributed by atoms with Gasteiger partial charge in [0.1, 0.15) is 0 Å². The molecule has 0 saturated carbocycles. The van der Waals surface area contributed by atoms with Crippen LogP contribution in [0.3, 0.4) is 0 Å². The largest absolute Gasteiger partial charge is 0.481 e. The van der Waals surface area contributed by atoms with Crippen LogP contribution in [0.15, 0.2) is 23.1 Å². The summed E-state index contributed by atoms with van der Waals surface area (Å²) in [5, 5.41) is 9.60. The maximum Gasteiger partial charge on any atom is 0.307 e. The molecule has 1 N–H and O–H groups in total. The van der Waals surface area contributed by atoms with Crippen molar-refractivity contribution in [3.63, 3.8) is 0 Å². The minimum Gasteiger partial charge on any atom is -0.481 e. The monoisotopic (exact) mass is 331 g/mol. The summed E-state index contributed by atoms with van der Waals surface area (Å²) >= 11 is 5.86. The highest BCUT2D eigenvalue weighted by Gasteiger charge is 2.37. The van der Waals surface area contributed by atoms with E-state index in [4.69, 9.17) is 16.7 Å². The fourth-order valence-electron chi connectivity index (χ4n) is 2.64. The van der Waals surface area contributed by atoms with Gasteiger partial charge in [-0.2, -0.15) is 4.31 Å². The lowest BCUT2D eigenvalue weighted by molar-refractivity contribution is -0.143. The third kappa shape index (κ3) is 3.22. The number of hydrogen-bond acceptors (Lipinski definition) is 3. The first-order valence-electron chi connectivity index (χ1n) is 6.74. The molecule has 2 unspecified atom stereocenters. The first-order valence-corrected chi connectivity index (χ1v) is 8.56. The van der Waals surface area contributed by atoms with Crippen molar-refractivity contribution in [2.75, 3.05) is 6.54 Å². The summed E-state index contributed by atoms with van der Waals surface area (Å²) in [6.07, 6.45) is 1.05. The minimum atomic E-state index is -3.71. The number of halogens is 1. The average molecular weight is 332 g/mol. The molecule has 1 saturated heterocycles. The van der Waals surface area contributed by atoms with Crippen LogP contribution in [0.2, 0.25) is 5.02 Å². The number of hydrogen-bond donors (Lipinski definition) is 1. The Hall–Kier alpha value is -1.11. The maximum atomic E-state index is 12.8. The first kappa shape index (κ1) is 16.3. The Morgan fingerprint density at radius 1 is 1.38 bits per heavy atom. The smallest absolute Gasteiger partial charge is 0.307 e. The van der Waals surface area contributed by atoms with Crippen molar-refractivity contribution in [1.29, 1.82) is 0 Å². The zero-order valence-corrected chi connectivity index (χ0v) is 13.5. The summed E-state index contributed by atoms with van der Waals surface area (Å²) < 4.78 is 26.9. The second-order valence-corrected chi connectivity index (χ2v) is 7.74. The van der Waals surface area contributed by atoms with Gasteiger partial charge in [0.25, 0.3) is 0 Å². The Bertz CT molecular complexity index is 659. The van der Waals surface area contributed by atoms with Gasteiger partial charge in [0.2, 0.25) is 10.0 Å². The number of carboxylic acids is 1. The van der Waals surface area contributed by atoms with Crippen LogP contribution in [0.5, 0.6) is 0 Å². The number of benzene rings is 1. The summed E-state index contributed by atoms with van der Waals surface area (Å²) in [5.41, 5.74) is 0.562. The van der Waals surface area contributed by atoms with Crippen LogP contribution in [-0.4, -0.2) is 36.4 Å². The fourth-order valence-corrected chi connectivity index (χ4v) is 4.78. The Labute approximate surface area is 129 Å². The number of carbonyl (C=O) groups is 1. The highest BCUT2D eigenvalue weighted by molar-refractivity contribution is 7.89. The van der Waals surface area contributed by atoms with Gasteiger partial charge < -0.3 is 5.11 Å². The van der Waals surface area contributed by atoms with Gasteiger partial charge in [-0.1, -0.05) is 11.6 Å². The van der Waals surface area contributed by atoms with E-state index in [1.165, 1.54) is 16.4 Å². The lowest BCUT2D eigenvalue weighted by Crippen LogP contribution is -2.47. The van der Waals surface area contributed by atoms with Crippen LogP contribution in [0, 0.1) is 12.8 Å². The zero-order chi connectivity index (χ0) is 15.8. The van der Waals surface area contributed by atoms with Crippen LogP contribution in [0.4, 0.5) is 0 Å². The quantitative estimate of drug-likeness (QED) is 0.923. The van der Waals surface area contributed by atoms with Crippen LogP contribution >= 0.6 is 11.6 Å². The summed E-state index contributed by atoms with van der Waals surface area (Å²) in [6, 6.07) is 4.40. The number of carboxylic acid groups (broad SMARTS) is 1. The van der Waals surface area contributed by atoms with Gasteiger partial charge in [-0.05, 0) is 50.5 Å². The number of rotatable bonds is 3. The molecule has 21 heavy (non-hydrogen) atoms. The standard InChI is InChI=1S/C14H18ClNO4S/c1-9-7-12(15)5-6-13(9)21(19,20)16-8-11(14(17)18)4-3-10(16)2/h5-7,10-11H,3-4,8H2,1-2H3,(H,17,18). The Morgan fingerprint density at radius 3 is 2.62 bits per heavy atom. The maximum absolute atomic E-state index is 12.8. The van der Waals surface area contributed by atoms with E-state index in [1.54, 1.807) is 19.9 Å². The van der Waals surface area contributed by atoms with Gasteiger partial charge in [-0.25, -0.2) is 8.42 Å². The van der Waals surface area contributed by atoms with Crippen molar-refractivity contribution >= 4 is 27.6 Å². The molecule has 2 rings (SSSR count). The molecule has 0 radical (unpaired) electrons. The molecule has 0 aromatic heterocycles. The third-order valence-electron chi connectivity index (χ3n) is 3.90. The van der Waals surface area contributed by atoms with E-state index in [9.17, 15) is 13.2 Å². The number of aliphatic carboxylic acids is 1. The molecule has 0 aliphatic carbocycles. The molecule has 1 aromatic rings. The van der Waals surface area contributed by atoms with Gasteiger partial charge >= 0.3 is 5.97 Å². The van der Waals surface area contributed by atoms with E-state index in [1.807, 2.05) is 0 Å². The lowest BCUT2D eigenvalue weighted by atomic mass is 9.96. The third-order valence-corrected chi connectivity index (χ3v) is 6.27. The molecule has 0 bridgehead atoms. The van der Waals surface area contributed by atoms with Crippen molar-refractivity contribution in [3.05, 3.63) is 28.8 Å². The van der Waals surface area contributed by atoms with E-state index >= 15 is 0 Å². The lowest BCUT2D eigenvalue weighted by Gasteiger charge is -2.35. The molecule has 1 aromatic carbocycles. The SMILES string of the molecule is Cc1cc(Cl)ccc1S(=O)(=O)N1CC(C(=O)O)CCC1C. The van der Waals surface area contributed by atoms with Crippen molar-refractivity contribution in [3.8, 4) is 0 Å². The van der Waals surface area contributed by atoms with Gasteiger partial charge in [-0.3, -0.25) is 4.79 Å². The molecule has 2 atom stereocenters. The Morgan fingerprint density at radius 2 is 2.05 bits per heavy atom. The van der Waals surface area contributed by atoms with Crippen LogP contribution in [0.1, 0.15) is 25.3 Å². The second-order valence-electron chi connectivity index (χ2n) is 5.45. The minimum absolute atomic E-state index is 0.0148. The van der Waals surface area contributed by atoms with Crippen molar-refractivity contribution in [2.24, 2.45) is 5.92 Å². The molecular weight excluding hydrogens is 314 g/mol. The average Bonchev–Trinajstić information content (AvgIpc) is 2.38. The van der Waals surface area contributed by atoms with E-state index in [-0.39, 0.29) is 17.5 Å². The predicted octanol–water partition coefficient (Wildman–Crippen LogP) is 2.52. The van der Waals surface area contributed by atoms with Crippen LogP contribution < -0.4 is 0 Å². The van der Waals surface area contributed by atoms with Crippen LogP contribution in [0.25, 0.3) is 0 Å². The van der Waals surface area contributed by atoms with Gasteiger partial charge in [0, 0.05) is 17.6 Å². The van der Waals surface area contributed by atoms with E-state index in [2.05, 4.69) is 0 Å². The highest BCUT2D eigenvalue weighted by Crippen LogP contribution is 2.30. The van der Waals surface area contributed by atoms with Gasteiger partial charge in [-0.15, -0.1) is 0 Å². The Balaban J connectivity index is 2.39. The molecule has 0 spiro atoms. The van der Waals surface area contributed by atoms with E-state index in [0.717, 1.165) is 0 Å². The molecular formula is C14H18ClNO4S. The van der Waals surface area contributed by atoms with Gasteiger partial charge in [0.05, 0.1) is 10.8 Å². The molecule has 1 aliphatic heterocycles. The molecule has 5 nitrogen and oxygen atoms in total. The number of piperidine rings is 1. The molecule has 116 valence electrons. The van der Waals surface area contributed by atoms with Crippen LogP contribution in [-0.2, 0) is 14.8 Å². The topological polar surface area (TPSA) is 74.7 Å². The molecule has 1 heterocycles. The molecule has 1 aliphatic rings. The summed E-state index contributed by atoms with van der Waals surface area (Å²) in [6.45, 7) is 3.50. The number of nitrogens with zero attached hydrogens (tertiary/aromatic N) is 1. The normalized spacial score (nSPS) is 24.0. The number of aryl methyl sites for hydroxylation is 1. The van der Waals surface area contributed by atoms with Gasteiger partial charge in [0.15, 0.2) is 0 Å². The van der Waals surface area contributed by atoms with E-state index < -0.39 is 21.9 Å².